The second-order valence-electron chi connectivity index (χ2n) is 3.87. The molecule has 0 aliphatic rings. The zero-order chi connectivity index (χ0) is 14.8. The van der Waals surface area contributed by atoms with Crippen LogP contribution >= 0.6 is 11.8 Å². The number of amides is 3. The first-order chi connectivity index (χ1) is 8.92. The first-order valence-corrected chi connectivity index (χ1v) is 7.16. The van der Waals surface area contributed by atoms with E-state index < -0.39 is 31.1 Å². The molecule has 0 saturated carbocycles. The predicted octanol–water partition coefficient (Wildman–Crippen LogP) is 0.397. The lowest BCUT2D eigenvalue weighted by molar-refractivity contribution is -0.143. The Morgan fingerprint density at radius 2 is 2.00 bits per heavy atom. The molecular formula is C11H20N2O5S. The van der Waals surface area contributed by atoms with Crippen molar-refractivity contribution in [1.82, 2.24) is 10.2 Å². The van der Waals surface area contributed by atoms with Gasteiger partial charge in [-0.1, -0.05) is 6.92 Å². The third-order valence-corrected chi connectivity index (χ3v) is 3.12. The summed E-state index contributed by atoms with van der Waals surface area (Å²) in [5.74, 6) is -1.04. The molecule has 0 aliphatic carbocycles. The number of ether oxygens (including phenoxy) is 1. The fourth-order valence-corrected chi connectivity index (χ4v) is 2.18. The molecule has 0 radical (unpaired) electrons. The van der Waals surface area contributed by atoms with Gasteiger partial charge in [-0.05, 0) is 12.7 Å². The molecule has 7 nitrogen and oxygen atoms in total. The third kappa shape index (κ3) is 7.68. The Kier molecular flexibility index (Phi) is 8.98. The summed E-state index contributed by atoms with van der Waals surface area (Å²) in [5, 5.41) is 10.5. The van der Waals surface area contributed by atoms with Crippen molar-refractivity contribution in [2.24, 2.45) is 0 Å². The summed E-state index contributed by atoms with van der Waals surface area (Å²) < 4.78 is 4.59. The normalized spacial score (nSPS) is 11.7. The Balaban J connectivity index is 4.13. The van der Waals surface area contributed by atoms with Crippen molar-refractivity contribution < 1.29 is 24.2 Å². The van der Waals surface area contributed by atoms with E-state index in [9.17, 15) is 14.4 Å². The van der Waals surface area contributed by atoms with Crippen LogP contribution in [0.15, 0.2) is 0 Å². The van der Waals surface area contributed by atoms with Crippen molar-refractivity contribution in [2.45, 2.75) is 19.4 Å². The van der Waals surface area contributed by atoms with Gasteiger partial charge in [0.25, 0.3) is 5.91 Å². The molecular weight excluding hydrogens is 272 g/mol. The number of hydrogen-bond acceptors (Lipinski definition) is 5. The number of thioether (sulfide) groups is 1. The number of rotatable bonds is 8. The van der Waals surface area contributed by atoms with Crippen molar-refractivity contribution in [3.63, 3.8) is 0 Å². The highest BCUT2D eigenvalue weighted by Gasteiger charge is 2.19. The zero-order valence-electron chi connectivity index (χ0n) is 11.3. The van der Waals surface area contributed by atoms with E-state index in [1.807, 2.05) is 13.2 Å². The average Bonchev–Trinajstić information content (AvgIpc) is 2.34. The van der Waals surface area contributed by atoms with E-state index in [1.54, 1.807) is 18.8 Å². The maximum Gasteiger partial charge on any atom is 0.329 e. The number of carboxylic acids is 1. The van der Waals surface area contributed by atoms with Crippen molar-refractivity contribution in [2.75, 3.05) is 32.3 Å². The van der Waals surface area contributed by atoms with Crippen LogP contribution in [-0.4, -0.2) is 66.2 Å². The molecule has 0 saturated heterocycles. The zero-order valence-corrected chi connectivity index (χ0v) is 12.2. The summed E-state index contributed by atoms with van der Waals surface area (Å²) in [6, 6.07) is -0.465. The molecule has 2 N–H and O–H groups in total. The minimum atomic E-state index is -1.16. The number of urea groups is 1. The molecule has 1 unspecified atom stereocenters. The molecule has 3 amide bonds. The van der Waals surface area contributed by atoms with Gasteiger partial charge in [-0.25, -0.2) is 9.59 Å². The summed E-state index contributed by atoms with van der Waals surface area (Å²) in [4.78, 5) is 34.7. The highest BCUT2D eigenvalue weighted by atomic mass is 32.2. The minimum Gasteiger partial charge on any atom is -0.480 e. The maximum atomic E-state index is 11.7. The largest absolute Gasteiger partial charge is 0.480 e. The van der Waals surface area contributed by atoms with E-state index in [0.717, 1.165) is 12.2 Å². The lowest BCUT2D eigenvalue weighted by Crippen LogP contribution is -2.47. The molecule has 8 heteroatoms. The minimum absolute atomic E-state index is 0.0442. The van der Waals surface area contributed by atoms with Crippen molar-refractivity contribution >= 4 is 29.7 Å². The van der Waals surface area contributed by atoms with Gasteiger partial charge in [-0.3, -0.25) is 10.1 Å². The van der Waals surface area contributed by atoms with Gasteiger partial charge in [-0.2, -0.15) is 11.8 Å². The van der Waals surface area contributed by atoms with Crippen molar-refractivity contribution in [3.05, 3.63) is 0 Å². The van der Waals surface area contributed by atoms with Gasteiger partial charge in [0, 0.05) is 18.8 Å². The number of nitrogens with zero attached hydrogens (tertiary/aromatic N) is 1. The first-order valence-electron chi connectivity index (χ1n) is 5.77. The smallest absolute Gasteiger partial charge is 0.329 e. The van der Waals surface area contributed by atoms with Crippen LogP contribution < -0.4 is 5.32 Å². The van der Waals surface area contributed by atoms with Gasteiger partial charge in [0.05, 0.1) is 0 Å². The number of hydrogen-bond donors (Lipinski definition) is 2. The van der Waals surface area contributed by atoms with Gasteiger partial charge in [-0.15, -0.1) is 0 Å². The Bertz CT molecular complexity index is 324. The lowest BCUT2D eigenvalue weighted by Gasteiger charge is -2.26. The van der Waals surface area contributed by atoms with Crippen LogP contribution in [0.25, 0.3) is 0 Å². The summed E-state index contributed by atoms with van der Waals surface area (Å²) >= 11 is 1.62. The number of carbonyl (C=O) groups excluding carboxylic acids is 2. The molecule has 110 valence electrons. The van der Waals surface area contributed by atoms with E-state index in [-0.39, 0.29) is 6.04 Å². The molecule has 0 aliphatic heterocycles. The maximum absolute atomic E-state index is 11.7. The molecule has 0 rings (SSSR count). The monoisotopic (exact) mass is 292 g/mol. The highest BCUT2D eigenvalue weighted by molar-refractivity contribution is 7.98. The third-order valence-electron chi connectivity index (χ3n) is 2.40. The Hall–Kier alpha value is -1.28. The molecule has 0 aromatic heterocycles. The number of carbonyl (C=O) groups is 3. The van der Waals surface area contributed by atoms with Gasteiger partial charge in [0.2, 0.25) is 0 Å². The van der Waals surface area contributed by atoms with Crippen LogP contribution in [-0.2, 0) is 14.3 Å². The van der Waals surface area contributed by atoms with Crippen LogP contribution in [0, 0.1) is 0 Å². The molecule has 0 aromatic carbocycles. The summed E-state index contributed by atoms with van der Waals surface area (Å²) in [7, 11) is 1.62. The summed E-state index contributed by atoms with van der Waals surface area (Å²) in [5.41, 5.74) is 0. The van der Waals surface area contributed by atoms with Gasteiger partial charge in [0.15, 0.2) is 0 Å². The SMILES string of the molecule is CCC(CSC)N(C)C(=O)NC(=O)COCC(=O)O. The predicted molar refractivity (Wildman–Crippen MR) is 72.2 cm³/mol. The quantitative estimate of drug-likeness (QED) is 0.672. The molecule has 0 aromatic rings. The first kappa shape index (κ1) is 17.7. The Morgan fingerprint density at radius 3 is 2.47 bits per heavy atom. The second kappa shape index (κ2) is 9.62. The fraction of sp³-hybridized carbons (Fsp3) is 0.727. The van der Waals surface area contributed by atoms with Gasteiger partial charge in [0.1, 0.15) is 13.2 Å². The Morgan fingerprint density at radius 1 is 1.37 bits per heavy atom. The molecule has 0 spiro atoms. The lowest BCUT2D eigenvalue weighted by atomic mass is 10.2. The average molecular weight is 292 g/mol. The number of imide groups is 1. The Labute approximate surface area is 116 Å². The molecule has 19 heavy (non-hydrogen) atoms. The summed E-state index contributed by atoms with van der Waals surface area (Å²) in [6.07, 6.45) is 2.73. The number of aliphatic carboxylic acids is 1. The van der Waals surface area contributed by atoms with Crippen molar-refractivity contribution in [3.8, 4) is 0 Å². The van der Waals surface area contributed by atoms with Crippen LogP contribution in [0.4, 0.5) is 4.79 Å². The van der Waals surface area contributed by atoms with Crippen LogP contribution in [0.1, 0.15) is 13.3 Å². The molecule has 1 atom stereocenters. The highest BCUT2D eigenvalue weighted by Crippen LogP contribution is 2.08. The van der Waals surface area contributed by atoms with Crippen molar-refractivity contribution in [1.29, 1.82) is 0 Å². The van der Waals surface area contributed by atoms with E-state index in [1.165, 1.54) is 4.90 Å². The van der Waals surface area contributed by atoms with E-state index in [0.29, 0.717) is 0 Å². The molecule has 0 heterocycles. The second-order valence-corrected chi connectivity index (χ2v) is 4.78. The molecule has 0 bridgehead atoms. The number of nitrogens with one attached hydrogen (secondary N) is 1. The topological polar surface area (TPSA) is 95.9 Å². The fourth-order valence-electron chi connectivity index (χ4n) is 1.34. The van der Waals surface area contributed by atoms with Gasteiger partial charge < -0.3 is 14.7 Å². The summed E-state index contributed by atoms with van der Waals surface area (Å²) in [6.45, 7) is 0.940. The van der Waals surface area contributed by atoms with E-state index in [2.05, 4.69) is 10.1 Å². The van der Waals surface area contributed by atoms with Gasteiger partial charge >= 0.3 is 12.0 Å². The van der Waals surface area contributed by atoms with Crippen LogP contribution in [0.3, 0.4) is 0 Å². The number of carboxylic acid groups (broad SMARTS) is 1. The standard InChI is InChI=1S/C11H20N2O5S/c1-4-8(7-19-3)13(2)11(17)12-9(14)5-18-6-10(15)16/h8H,4-7H2,1-3H3,(H,15,16)(H,12,14,17). The van der Waals surface area contributed by atoms with E-state index in [4.69, 9.17) is 5.11 Å². The molecule has 0 fully saturated rings. The van der Waals surface area contributed by atoms with Crippen LogP contribution in [0.2, 0.25) is 0 Å². The van der Waals surface area contributed by atoms with E-state index >= 15 is 0 Å². The van der Waals surface area contributed by atoms with Crippen LogP contribution in [0.5, 0.6) is 0 Å².